The Bertz CT molecular complexity index is 1070. The number of nitrogens with zero attached hydrogens (tertiary/aromatic N) is 1. The molecule has 6 nitrogen and oxygen atoms in total. The van der Waals surface area contributed by atoms with Crippen LogP contribution in [0.1, 0.15) is 22.2 Å². The number of ether oxygens (including phenoxy) is 1. The van der Waals surface area contributed by atoms with E-state index in [1.165, 1.54) is 23.5 Å². The van der Waals surface area contributed by atoms with Crippen LogP contribution in [-0.4, -0.2) is 26.0 Å². The van der Waals surface area contributed by atoms with Crippen LogP contribution in [0.25, 0.3) is 21.6 Å². The van der Waals surface area contributed by atoms with E-state index >= 15 is 0 Å². The first-order valence-corrected chi connectivity index (χ1v) is 10.5. The van der Waals surface area contributed by atoms with E-state index in [4.69, 9.17) is 9.88 Å². The van der Waals surface area contributed by atoms with Gasteiger partial charge in [-0.3, -0.25) is 4.98 Å². The smallest absolute Gasteiger partial charge is 0.348 e. The molecule has 27 heavy (non-hydrogen) atoms. The zero-order valence-electron chi connectivity index (χ0n) is 14.8. The zero-order chi connectivity index (χ0) is 19.6. The molecule has 0 fully saturated rings. The molecule has 3 rings (SSSR count). The van der Waals surface area contributed by atoms with Crippen molar-refractivity contribution in [2.75, 3.05) is 6.61 Å². The third-order valence-electron chi connectivity index (χ3n) is 4.02. The molecule has 0 saturated heterocycles. The molecule has 0 unspecified atom stereocenters. The SMILES string of the molecule is CCOC(=O)c1sc(-c2ccncc2)c(C)c1-c1ccc(S(N)(=O)=O)cc1. The highest BCUT2D eigenvalue weighted by Crippen LogP contribution is 2.42. The maximum atomic E-state index is 12.5. The van der Waals surface area contributed by atoms with Crippen molar-refractivity contribution in [3.63, 3.8) is 0 Å². The number of pyridine rings is 1. The third kappa shape index (κ3) is 3.92. The number of rotatable bonds is 5. The highest BCUT2D eigenvalue weighted by Gasteiger charge is 2.23. The van der Waals surface area contributed by atoms with Crippen LogP contribution in [0.2, 0.25) is 0 Å². The topological polar surface area (TPSA) is 99.3 Å². The van der Waals surface area contributed by atoms with Gasteiger partial charge in [0.1, 0.15) is 4.88 Å². The van der Waals surface area contributed by atoms with Gasteiger partial charge in [0.15, 0.2) is 0 Å². The Labute approximate surface area is 161 Å². The maximum absolute atomic E-state index is 12.5. The summed E-state index contributed by atoms with van der Waals surface area (Å²) in [6.07, 6.45) is 3.39. The summed E-state index contributed by atoms with van der Waals surface area (Å²) >= 11 is 1.35. The van der Waals surface area contributed by atoms with Crippen molar-refractivity contribution in [1.29, 1.82) is 0 Å². The van der Waals surface area contributed by atoms with E-state index < -0.39 is 16.0 Å². The Kier molecular flexibility index (Phi) is 5.41. The number of aromatic nitrogens is 1. The van der Waals surface area contributed by atoms with Gasteiger partial charge in [-0.2, -0.15) is 0 Å². The Balaban J connectivity index is 2.18. The number of esters is 1. The first-order valence-electron chi connectivity index (χ1n) is 8.17. The zero-order valence-corrected chi connectivity index (χ0v) is 16.4. The molecule has 0 aliphatic rings. The van der Waals surface area contributed by atoms with Crippen LogP contribution in [0.4, 0.5) is 0 Å². The Morgan fingerprint density at radius 1 is 1.11 bits per heavy atom. The van der Waals surface area contributed by atoms with Crippen LogP contribution in [-0.2, 0) is 14.8 Å². The van der Waals surface area contributed by atoms with E-state index in [-0.39, 0.29) is 11.5 Å². The lowest BCUT2D eigenvalue weighted by Gasteiger charge is -2.07. The van der Waals surface area contributed by atoms with Crippen LogP contribution < -0.4 is 5.14 Å². The van der Waals surface area contributed by atoms with Gasteiger partial charge in [-0.05, 0) is 54.8 Å². The van der Waals surface area contributed by atoms with E-state index in [9.17, 15) is 13.2 Å². The number of sulfonamides is 1. The maximum Gasteiger partial charge on any atom is 0.348 e. The lowest BCUT2D eigenvalue weighted by molar-refractivity contribution is 0.0533. The van der Waals surface area contributed by atoms with E-state index in [1.54, 1.807) is 31.5 Å². The van der Waals surface area contributed by atoms with E-state index in [0.717, 1.165) is 27.1 Å². The monoisotopic (exact) mass is 402 g/mol. The third-order valence-corrected chi connectivity index (χ3v) is 6.27. The van der Waals surface area contributed by atoms with Gasteiger partial charge in [-0.25, -0.2) is 18.4 Å². The van der Waals surface area contributed by atoms with Crippen molar-refractivity contribution in [2.45, 2.75) is 18.7 Å². The standard InChI is InChI=1S/C19H18N2O4S2/c1-3-25-19(22)18-16(13-4-6-15(7-5-13)27(20,23)24)12(2)17(26-18)14-8-10-21-11-9-14/h4-11H,3H2,1-2H3,(H2,20,23,24). The average molecular weight is 402 g/mol. The lowest BCUT2D eigenvalue weighted by Crippen LogP contribution is -2.11. The second kappa shape index (κ2) is 7.59. The molecule has 2 heterocycles. The molecule has 2 aromatic heterocycles. The summed E-state index contributed by atoms with van der Waals surface area (Å²) in [7, 11) is -3.78. The molecule has 0 aliphatic carbocycles. The molecule has 0 spiro atoms. The largest absolute Gasteiger partial charge is 0.462 e. The molecule has 0 radical (unpaired) electrons. The van der Waals surface area contributed by atoms with Gasteiger partial charge < -0.3 is 4.74 Å². The van der Waals surface area contributed by atoms with Crippen molar-refractivity contribution in [3.8, 4) is 21.6 Å². The van der Waals surface area contributed by atoms with Crippen molar-refractivity contribution in [3.05, 3.63) is 59.2 Å². The number of carbonyl (C=O) groups excluding carboxylic acids is 1. The summed E-state index contributed by atoms with van der Waals surface area (Å²) in [6.45, 7) is 3.95. The molecule has 8 heteroatoms. The number of carbonyl (C=O) groups is 1. The fraction of sp³-hybridized carbons (Fsp3) is 0.158. The Morgan fingerprint density at radius 3 is 2.30 bits per heavy atom. The summed E-state index contributed by atoms with van der Waals surface area (Å²) < 4.78 is 28.2. The highest BCUT2D eigenvalue weighted by molar-refractivity contribution is 7.89. The second-order valence-electron chi connectivity index (χ2n) is 5.79. The van der Waals surface area contributed by atoms with Crippen molar-refractivity contribution in [2.24, 2.45) is 5.14 Å². The predicted molar refractivity (Wildman–Crippen MR) is 105 cm³/mol. The summed E-state index contributed by atoms with van der Waals surface area (Å²) in [4.78, 5) is 18.0. The number of hydrogen-bond acceptors (Lipinski definition) is 6. The summed E-state index contributed by atoms with van der Waals surface area (Å²) in [5.41, 5.74) is 3.31. The molecule has 2 N–H and O–H groups in total. The summed E-state index contributed by atoms with van der Waals surface area (Å²) in [5, 5.41) is 5.17. The number of hydrogen-bond donors (Lipinski definition) is 1. The first-order chi connectivity index (χ1) is 12.8. The van der Waals surface area contributed by atoms with Crippen LogP contribution in [0, 0.1) is 6.92 Å². The molecule has 1 aromatic carbocycles. The van der Waals surface area contributed by atoms with Crippen molar-refractivity contribution < 1.29 is 17.9 Å². The lowest BCUT2D eigenvalue weighted by atomic mass is 9.99. The molecule has 140 valence electrons. The van der Waals surface area contributed by atoms with Crippen LogP contribution in [0.15, 0.2) is 53.7 Å². The fourth-order valence-corrected chi connectivity index (χ4v) is 4.54. The Hall–Kier alpha value is -2.55. The van der Waals surface area contributed by atoms with E-state index in [2.05, 4.69) is 4.98 Å². The Morgan fingerprint density at radius 2 is 1.74 bits per heavy atom. The van der Waals surface area contributed by atoms with Gasteiger partial charge in [0.05, 0.1) is 11.5 Å². The highest BCUT2D eigenvalue weighted by atomic mass is 32.2. The van der Waals surface area contributed by atoms with Crippen LogP contribution in [0.5, 0.6) is 0 Å². The number of primary sulfonamides is 1. The fourth-order valence-electron chi connectivity index (χ4n) is 2.79. The molecule has 0 aliphatic heterocycles. The van der Waals surface area contributed by atoms with Gasteiger partial charge >= 0.3 is 5.97 Å². The van der Waals surface area contributed by atoms with Crippen molar-refractivity contribution in [1.82, 2.24) is 4.98 Å². The van der Waals surface area contributed by atoms with Gasteiger partial charge in [-0.1, -0.05) is 12.1 Å². The predicted octanol–water partition coefficient (Wildman–Crippen LogP) is 3.61. The van der Waals surface area contributed by atoms with Gasteiger partial charge in [0.2, 0.25) is 10.0 Å². The number of nitrogens with two attached hydrogens (primary N) is 1. The molecule has 3 aromatic rings. The number of benzene rings is 1. The summed E-state index contributed by atoms with van der Waals surface area (Å²) in [6, 6.07) is 9.91. The summed E-state index contributed by atoms with van der Waals surface area (Å²) in [5.74, 6) is -0.406. The molecule has 0 saturated carbocycles. The minimum absolute atomic E-state index is 0.0196. The number of thiophene rings is 1. The van der Waals surface area contributed by atoms with Crippen LogP contribution >= 0.6 is 11.3 Å². The second-order valence-corrected chi connectivity index (χ2v) is 8.37. The minimum Gasteiger partial charge on any atom is -0.462 e. The van der Waals surface area contributed by atoms with E-state index in [1.807, 2.05) is 19.1 Å². The van der Waals surface area contributed by atoms with Gasteiger partial charge in [-0.15, -0.1) is 11.3 Å². The molecule has 0 bridgehead atoms. The molecule has 0 atom stereocenters. The molecule has 0 amide bonds. The normalized spacial score (nSPS) is 11.4. The first kappa shape index (κ1) is 19.2. The van der Waals surface area contributed by atoms with Crippen LogP contribution in [0.3, 0.4) is 0 Å². The molecular formula is C19H18N2O4S2. The van der Waals surface area contributed by atoms with Gasteiger partial charge in [0, 0.05) is 22.8 Å². The van der Waals surface area contributed by atoms with E-state index in [0.29, 0.717) is 4.88 Å². The average Bonchev–Trinajstić information content (AvgIpc) is 2.99. The molecular weight excluding hydrogens is 384 g/mol. The quantitative estimate of drug-likeness (QED) is 0.657. The minimum atomic E-state index is -3.78. The van der Waals surface area contributed by atoms with Crippen molar-refractivity contribution >= 4 is 27.3 Å². The van der Waals surface area contributed by atoms with Gasteiger partial charge in [0.25, 0.3) is 0 Å².